The number of nitrogens with zero attached hydrogens (tertiary/aromatic N) is 2. The van der Waals surface area contributed by atoms with Gasteiger partial charge in [-0.25, -0.2) is 10.2 Å². The molecule has 0 aromatic heterocycles. The predicted molar refractivity (Wildman–Crippen MR) is 48.7 cm³/mol. The third-order valence-corrected chi connectivity index (χ3v) is 1.82. The zero-order valence-corrected chi connectivity index (χ0v) is 7.25. The van der Waals surface area contributed by atoms with Gasteiger partial charge < -0.3 is 0 Å². The lowest BCUT2D eigenvalue weighted by atomic mass is 10.2. The second kappa shape index (κ2) is 3.06. The minimum absolute atomic E-state index is 0.390. The molecular formula is C8H5ClN3O. The highest BCUT2D eigenvalue weighted by Gasteiger charge is 2.16. The largest absolute Gasteiger partial charge is 0.363 e. The Morgan fingerprint density at radius 2 is 1.92 bits per heavy atom. The summed E-state index contributed by atoms with van der Waals surface area (Å²) in [5.41, 5.74) is 3.00. The second-order valence-corrected chi connectivity index (χ2v) is 2.91. The Kier molecular flexibility index (Phi) is 1.90. The van der Waals surface area contributed by atoms with Crippen molar-refractivity contribution in [2.75, 3.05) is 0 Å². The van der Waals surface area contributed by atoms with Crippen molar-refractivity contribution < 1.29 is 4.79 Å². The Morgan fingerprint density at radius 3 is 2.46 bits per heavy atom. The normalized spacial score (nSPS) is 14.8. The van der Waals surface area contributed by atoms with Crippen LogP contribution in [0.25, 0.3) is 0 Å². The molecule has 0 saturated heterocycles. The quantitative estimate of drug-likeness (QED) is 0.721. The van der Waals surface area contributed by atoms with Crippen molar-refractivity contribution >= 4 is 23.5 Å². The van der Waals surface area contributed by atoms with Crippen LogP contribution in [0.15, 0.2) is 29.4 Å². The van der Waals surface area contributed by atoms with E-state index >= 15 is 0 Å². The average molecular weight is 195 g/mol. The number of rotatable bonds is 1. The summed E-state index contributed by atoms with van der Waals surface area (Å²) in [7, 11) is 0. The molecule has 0 unspecified atom stereocenters. The van der Waals surface area contributed by atoms with Crippen molar-refractivity contribution in [3.8, 4) is 0 Å². The first-order valence-electron chi connectivity index (χ1n) is 3.61. The van der Waals surface area contributed by atoms with Crippen LogP contribution in [0, 0.1) is 0 Å². The third-order valence-electron chi connectivity index (χ3n) is 1.57. The van der Waals surface area contributed by atoms with Gasteiger partial charge in [-0.2, -0.15) is 10.4 Å². The molecule has 0 spiro atoms. The van der Waals surface area contributed by atoms with Crippen molar-refractivity contribution in [3.05, 3.63) is 34.9 Å². The maximum Gasteiger partial charge on any atom is 0.363 e. The molecule has 0 fully saturated rings. The van der Waals surface area contributed by atoms with Gasteiger partial charge in [0.1, 0.15) is 0 Å². The van der Waals surface area contributed by atoms with E-state index in [4.69, 9.17) is 11.6 Å². The van der Waals surface area contributed by atoms with Crippen LogP contribution in [0.2, 0.25) is 5.02 Å². The van der Waals surface area contributed by atoms with E-state index in [9.17, 15) is 4.79 Å². The number of carbonyl (C=O) groups is 1. The van der Waals surface area contributed by atoms with Crippen LogP contribution in [-0.2, 0) is 0 Å². The van der Waals surface area contributed by atoms with Crippen LogP contribution in [0.5, 0.6) is 0 Å². The molecule has 0 saturated carbocycles. The van der Waals surface area contributed by atoms with E-state index in [1.807, 2.05) is 0 Å². The van der Waals surface area contributed by atoms with Crippen LogP contribution in [0.4, 0.5) is 4.79 Å². The van der Waals surface area contributed by atoms with E-state index in [1.54, 1.807) is 24.3 Å². The van der Waals surface area contributed by atoms with Gasteiger partial charge in [-0.1, -0.05) is 11.6 Å². The van der Waals surface area contributed by atoms with Crippen LogP contribution < -0.4 is 10.7 Å². The maximum absolute atomic E-state index is 10.7. The monoisotopic (exact) mass is 194 g/mol. The Labute approximate surface area is 79.6 Å². The summed E-state index contributed by atoms with van der Waals surface area (Å²) < 4.78 is 0. The Bertz CT molecular complexity index is 371. The fourth-order valence-electron chi connectivity index (χ4n) is 0.975. The van der Waals surface area contributed by atoms with Crippen LogP contribution >= 0.6 is 11.6 Å². The minimum atomic E-state index is -0.440. The molecule has 4 nitrogen and oxygen atoms in total. The number of carbonyl (C=O) groups excluding carboxylic acids is 1. The molecule has 13 heavy (non-hydrogen) atoms. The first-order valence-corrected chi connectivity index (χ1v) is 3.99. The number of urea groups is 1. The smallest absolute Gasteiger partial charge is 0.244 e. The Morgan fingerprint density at radius 1 is 1.23 bits per heavy atom. The van der Waals surface area contributed by atoms with E-state index in [0.29, 0.717) is 10.9 Å². The van der Waals surface area contributed by atoms with Crippen LogP contribution in [0.3, 0.4) is 0 Å². The molecule has 5 heteroatoms. The molecule has 65 valence electrons. The molecule has 1 aromatic carbocycles. The first kappa shape index (κ1) is 8.07. The molecule has 2 amide bonds. The molecule has 0 atom stereocenters. The number of halogens is 1. The molecule has 2 rings (SSSR count). The van der Waals surface area contributed by atoms with Gasteiger partial charge in [-0.05, 0) is 24.3 Å². The molecular weight excluding hydrogens is 190 g/mol. The second-order valence-electron chi connectivity index (χ2n) is 2.47. The Hall–Kier alpha value is -1.55. The van der Waals surface area contributed by atoms with Crippen LogP contribution in [0.1, 0.15) is 5.56 Å². The molecule has 1 radical (unpaired) electrons. The molecule has 1 N–H and O–H groups in total. The number of hydrazone groups is 1. The lowest BCUT2D eigenvalue weighted by Crippen LogP contribution is -2.20. The highest BCUT2D eigenvalue weighted by Crippen LogP contribution is 2.10. The van der Waals surface area contributed by atoms with E-state index < -0.39 is 6.03 Å². The van der Waals surface area contributed by atoms with E-state index in [-0.39, 0.29) is 0 Å². The number of benzene rings is 1. The molecule has 0 aliphatic carbocycles. The van der Waals surface area contributed by atoms with Crippen molar-refractivity contribution in [1.29, 1.82) is 0 Å². The van der Waals surface area contributed by atoms with Crippen molar-refractivity contribution in [2.24, 2.45) is 5.10 Å². The predicted octanol–water partition coefficient (Wildman–Crippen LogP) is 1.33. The summed E-state index contributed by atoms with van der Waals surface area (Å²) in [5, 5.41) is 8.01. The third kappa shape index (κ3) is 1.62. The van der Waals surface area contributed by atoms with Gasteiger partial charge in [0.25, 0.3) is 0 Å². The minimum Gasteiger partial charge on any atom is -0.244 e. The van der Waals surface area contributed by atoms with Gasteiger partial charge in [-0.15, -0.1) is 0 Å². The van der Waals surface area contributed by atoms with Gasteiger partial charge in [-0.3, -0.25) is 0 Å². The molecule has 1 aromatic rings. The van der Waals surface area contributed by atoms with Crippen molar-refractivity contribution in [2.45, 2.75) is 0 Å². The molecule has 1 heterocycles. The topological polar surface area (TPSA) is 55.6 Å². The summed E-state index contributed by atoms with van der Waals surface area (Å²) in [6.45, 7) is 0. The van der Waals surface area contributed by atoms with E-state index in [2.05, 4.69) is 15.8 Å². The average Bonchev–Trinajstić information content (AvgIpc) is 2.53. The van der Waals surface area contributed by atoms with E-state index in [1.165, 1.54) is 0 Å². The van der Waals surface area contributed by atoms with Gasteiger partial charge in [0.15, 0.2) is 5.84 Å². The SMILES string of the molecule is O=C1[N]C(c2ccc(Cl)cc2)=NN1. The molecule has 0 bridgehead atoms. The summed E-state index contributed by atoms with van der Waals surface area (Å²) in [5.74, 6) is 0.390. The van der Waals surface area contributed by atoms with E-state index in [0.717, 1.165) is 5.56 Å². The fraction of sp³-hybridized carbons (Fsp3) is 0. The highest BCUT2D eigenvalue weighted by atomic mass is 35.5. The summed E-state index contributed by atoms with van der Waals surface area (Å²) in [6.07, 6.45) is 0. The first-order chi connectivity index (χ1) is 6.25. The Balaban J connectivity index is 2.27. The number of nitrogens with one attached hydrogen (secondary N) is 1. The zero-order valence-electron chi connectivity index (χ0n) is 6.49. The lowest BCUT2D eigenvalue weighted by molar-refractivity contribution is 0.247. The van der Waals surface area contributed by atoms with Crippen molar-refractivity contribution in [3.63, 3.8) is 0 Å². The van der Waals surface area contributed by atoms with Gasteiger partial charge in [0.05, 0.1) is 0 Å². The molecule has 1 aliphatic rings. The van der Waals surface area contributed by atoms with Gasteiger partial charge in [0, 0.05) is 10.6 Å². The fourth-order valence-corrected chi connectivity index (χ4v) is 1.10. The maximum atomic E-state index is 10.7. The summed E-state index contributed by atoms with van der Waals surface area (Å²) >= 11 is 5.69. The summed E-state index contributed by atoms with van der Waals surface area (Å²) in [6, 6.07) is 6.51. The summed E-state index contributed by atoms with van der Waals surface area (Å²) in [4.78, 5) is 10.7. The highest BCUT2D eigenvalue weighted by molar-refractivity contribution is 6.30. The van der Waals surface area contributed by atoms with Gasteiger partial charge >= 0.3 is 6.03 Å². The molecule has 1 aliphatic heterocycles. The lowest BCUT2D eigenvalue weighted by Gasteiger charge is -1.96. The number of amides is 2. The van der Waals surface area contributed by atoms with Crippen LogP contribution in [-0.4, -0.2) is 11.9 Å². The van der Waals surface area contributed by atoms with Crippen molar-refractivity contribution in [1.82, 2.24) is 10.7 Å². The number of amidine groups is 1. The number of hydrogen-bond donors (Lipinski definition) is 1. The standard InChI is InChI=1S/C8H5ClN3O/c9-6-3-1-5(2-4-6)7-10-8(13)12-11-7/h1-4H,(H,12,13). The number of hydrogen-bond acceptors (Lipinski definition) is 2. The zero-order chi connectivity index (χ0) is 9.26. The van der Waals surface area contributed by atoms with Gasteiger partial charge in [0.2, 0.25) is 0 Å².